The van der Waals surface area contributed by atoms with E-state index in [0.29, 0.717) is 10.6 Å². The Hall–Kier alpha value is -4.20. The lowest BCUT2D eigenvalue weighted by Gasteiger charge is -2.32. The first-order valence-corrected chi connectivity index (χ1v) is 13.7. The topological polar surface area (TPSA) is 129 Å². The molecule has 14 heteroatoms. The molecule has 0 aliphatic rings. The quantitative estimate of drug-likeness (QED) is 0.288. The van der Waals surface area contributed by atoms with Gasteiger partial charge in [0.1, 0.15) is 11.6 Å². The van der Waals surface area contributed by atoms with Gasteiger partial charge in [0.15, 0.2) is 16.5 Å². The van der Waals surface area contributed by atoms with Crippen molar-refractivity contribution in [2.45, 2.75) is 62.4 Å². The zero-order valence-electron chi connectivity index (χ0n) is 24.3. The number of aliphatic carboxylic acids is 1. The summed E-state index contributed by atoms with van der Waals surface area (Å²) < 4.78 is 56.4. The smallest absolute Gasteiger partial charge is 0.416 e. The molecule has 1 amide bonds. The average molecular weight is 624 g/mol. The first-order valence-electron chi connectivity index (χ1n) is 12.9. The Labute approximate surface area is 250 Å². The zero-order chi connectivity index (χ0) is 32.2. The van der Waals surface area contributed by atoms with Gasteiger partial charge in [-0.3, -0.25) is 9.36 Å². The van der Waals surface area contributed by atoms with Gasteiger partial charge in [0.25, 0.3) is 5.56 Å². The Morgan fingerprint density at radius 2 is 1.70 bits per heavy atom. The molecule has 232 valence electrons. The van der Waals surface area contributed by atoms with E-state index in [1.807, 2.05) is 0 Å². The predicted octanol–water partition coefficient (Wildman–Crippen LogP) is 5.79. The number of methoxy groups -OCH3 is 1. The number of benzene rings is 2. The predicted molar refractivity (Wildman–Crippen MR) is 152 cm³/mol. The van der Waals surface area contributed by atoms with Gasteiger partial charge in [-0.25, -0.2) is 14.6 Å². The van der Waals surface area contributed by atoms with E-state index in [-0.39, 0.29) is 23.1 Å². The van der Waals surface area contributed by atoms with Gasteiger partial charge >= 0.3 is 18.2 Å². The molecule has 3 rings (SSSR count). The van der Waals surface area contributed by atoms with Crippen molar-refractivity contribution in [2.24, 2.45) is 5.41 Å². The maximum Gasteiger partial charge on any atom is 0.416 e. The van der Waals surface area contributed by atoms with Crippen molar-refractivity contribution in [3.05, 3.63) is 70.8 Å². The number of rotatable bonds is 10. The number of alkyl halides is 3. The van der Waals surface area contributed by atoms with Crippen LogP contribution in [0.2, 0.25) is 0 Å². The van der Waals surface area contributed by atoms with Crippen LogP contribution < -0.4 is 20.3 Å². The third-order valence-corrected chi connectivity index (χ3v) is 6.90. The first kappa shape index (κ1) is 33.3. The summed E-state index contributed by atoms with van der Waals surface area (Å²) >= 11 is 0.924. The molecule has 0 bridgehead atoms. The fourth-order valence-electron chi connectivity index (χ4n) is 3.78. The molecule has 0 radical (unpaired) electrons. The lowest BCUT2D eigenvalue weighted by atomic mass is 9.85. The molecule has 3 aromatic rings. The maximum absolute atomic E-state index is 13.2. The molecule has 0 spiro atoms. The molecule has 43 heavy (non-hydrogen) atoms. The summed E-state index contributed by atoms with van der Waals surface area (Å²) in [5.74, 6) is -0.785. The Bertz CT molecular complexity index is 1520. The van der Waals surface area contributed by atoms with E-state index in [9.17, 15) is 32.7 Å². The number of alkyl carbamates (subject to hydrolysis) is 1. The minimum atomic E-state index is -4.47. The molecule has 1 heterocycles. The first-order chi connectivity index (χ1) is 19.9. The minimum Gasteiger partial charge on any atom is -0.493 e. The van der Waals surface area contributed by atoms with E-state index in [0.717, 1.165) is 23.9 Å². The van der Waals surface area contributed by atoms with Crippen LogP contribution in [0.5, 0.6) is 11.5 Å². The molecule has 0 saturated carbocycles. The fraction of sp³-hybridized carbons (Fsp3) is 0.379. The van der Waals surface area contributed by atoms with Crippen molar-refractivity contribution >= 4 is 23.8 Å². The second kappa shape index (κ2) is 13.0. The molecule has 2 aromatic carbocycles. The second-order valence-electron chi connectivity index (χ2n) is 11.1. The molecule has 10 nitrogen and oxygen atoms in total. The third kappa shape index (κ3) is 8.89. The van der Waals surface area contributed by atoms with E-state index in [2.05, 4.69) is 10.3 Å². The number of carbonyl (C=O) groups excluding carboxylic acids is 1. The number of halogens is 3. The Morgan fingerprint density at radius 3 is 2.26 bits per heavy atom. The van der Waals surface area contributed by atoms with Crippen LogP contribution in [0.25, 0.3) is 5.69 Å². The molecular weight excluding hydrogens is 591 g/mol. The van der Waals surface area contributed by atoms with E-state index >= 15 is 0 Å². The fourth-order valence-corrected chi connectivity index (χ4v) is 4.57. The summed E-state index contributed by atoms with van der Waals surface area (Å²) in [6.07, 6.45) is -2.54. The summed E-state index contributed by atoms with van der Waals surface area (Å²) in [6.45, 7) is 8.05. The number of amides is 1. The monoisotopic (exact) mass is 623 g/mol. The van der Waals surface area contributed by atoms with E-state index in [1.165, 1.54) is 48.3 Å². The summed E-state index contributed by atoms with van der Waals surface area (Å²) in [5, 5.41) is 12.2. The highest BCUT2D eigenvalue weighted by Gasteiger charge is 2.38. The highest BCUT2D eigenvalue weighted by Crippen LogP contribution is 2.33. The number of ether oxygens (including phenoxy) is 3. The molecule has 0 fully saturated rings. The van der Waals surface area contributed by atoms with Crippen molar-refractivity contribution < 1.29 is 42.1 Å². The average Bonchev–Trinajstić information content (AvgIpc) is 2.90. The van der Waals surface area contributed by atoms with Gasteiger partial charge in [-0.15, -0.1) is 0 Å². The summed E-state index contributed by atoms with van der Waals surface area (Å²) in [4.78, 5) is 41.9. The summed E-state index contributed by atoms with van der Waals surface area (Å²) in [6, 6.07) is 7.69. The van der Waals surface area contributed by atoms with Gasteiger partial charge in [0, 0.05) is 28.8 Å². The van der Waals surface area contributed by atoms with E-state index in [1.54, 1.807) is 40.7 Å². The van der Waals surface area contributed by atoms with Gasteiger partial charge in [0.05, 0.1) is 25.0 Å². The highest BCUT2D eigenvalue weighted by molar-refractivity contribution is 7.99. The van der Waals surface area contributed by atoms with Crippen LogP contribution >= 0.6 is 11.8 Å². The number of carbonyl (C=O) groups is 2. The minimum absolute atomic E-state index is 0.0421. The van der Waals surface area contributed by atoms with Gasteiger partial charge in [-0.2, -0.15) is 13.2 Å². The summed E-state index contributed by atoms with van der Waals surface area (Å²) in [5.41, 5.74) is -2.84. The number of nitrogens with one attached hydrogen (secondary N) is 1. The summed E-state index contributed by atoms with van der Waals surface area (Å²) in [7, 11) is 1.39. The number of aromatic nitrogens is 2. The van der Waals surface area contributed by atoms with Crippen molar-refractivity contribution in [3.63, 3.8) is 0 Å². The number of hydrogen-bond donors (Lipinski definition) is 2. The lowest BCUT2D eigenvalue weighted by Crippen LogP contribution is -2.53. The van der Waals surface area contributed by atoms with Crippen molar-refractivity contribution in [1.29, 1.82) is 0 Å². The van der Waals surface area contributed by atoms with Crippen LogP contribution in [-0.4, -0.2) is 52.1 Å². The molecule has 1 unspecified atom stereocenters. The second-order valence-corrected chi connectivity index (χ2v) is 12.1. The third-order valence-electron chi connectivity index (χ3n) is 5.92. The van der Waals surface area contributed by atoms with Gasteiger partial charge < -0.3 is 24.6 Å². The number of nitrogens with zero attached hydrogens (tertiary/aromatic N) is 2. The zero-order valence-corrected chi connectivity index (χ0v) is 25.1. The van der Waals surface area contributed by atoms with Crippen LogP contribution in [0, 0.1) is 5.41 Å². The molecule has 0 saturated heterocycles. The lowest BCUT2D eigenvalue weighted by molar-refractivity contribution is -0.143. The van der Waals surface area contributed by atoms with Gasteiger partial charge in [-0.1, -0.05) is 25.6 Å². The number of hydrogen-bond acceptors (Lipinski definition) is 8. The normalized spacial score (nSPS) is 12.8. The standard InChI is InChI=1S/C29H32F3N3O7S/c1-27(2,3)42-26(39)34-22(25(37)38)28(4,5)16-41-20-12-9-18(15-21(20)40-6)35-14-13-33-23(24(35)36)43-19-10-7-17(8-11-19)29(30,31)32/h7-15,22H,16H2,1-6H3,(H,34,39)(H,37,38). The number of carboxylic acids is 1. The molecule has 0 aliphatic carbocycles. The van der Waals surface area contributed by atoms with Crippen LogP contribution in [0.1, 0.15) is 40.2 Å². The largest absolute Gasteiger partial charge is 0.493 e. The van der Waals surface area contributed by atoms with Crippen LogP contribution in [-0.2, 0) is 15.7 Å². The highest BCUT2D eigenvalue weighted by atomic mass is 32.2. The molecule has 0 aliphatic heterocycles. The SMILES string of the molecule is COc1cc(-n2ccnc(Sc3ccc(C(F)(F)F)cc3)c2=O)ccc1OCC(C)(C)C(NC(=O)OC(C)(C)C)C(=O)O. The Kier molecular flexibility index (Phi) is 10.1. The maximum atomic E-state index is 13.2. The molecule has 1 aromatic heterocycles. The Balaban J connectivity index is 1.79. The van der Waals surface area contributed by atoms with Gasteiger partial charge in [-0.05, 0) is 57.2 Å². The van der Waals surface area contributed by atoms with Crippen molar-refractivity contribution in [2.75, 3.05) is 13.7 Å². The van der Waals surface area contributed by atoms with Crippen LogP contribution in [0.4, 0.5) is 18.0 Å². The Morgan fingerprint density at radius 1 is 1.05 bits per heavy atom. The molecule has 2 N–H and O–H groups in total. The van der Waals surface area contributed by atoms with E-state index in [4.69, 9.17) is 14.2 Å². The van der Waals surface area contributed by atoms with Crippen LogP contribution in [0.3, 0.4) is 0 Å². The van der Waals surface area contributed by atoms with Crippen LogP contribution in [0.15, 0.2) is 69.6 Å². The van der Waals surface area contributed by atoms with Gasteiger partial charge in [0.2, 0.25) is 0 Å². The van der Waals surface area contributed by atoms with Crippen molar-refractivity contribution in [1.82, 2.24) is 14.9 Å². The van der Waals surface area contributed by atoms with E-state index < -0.39 is 46.4 Å². The molecular formula is C29H32F3N3O7S. The molecule has 1 atom stereocenters. The number of carboxylic acid groups (broad SMARTS) is 1. The van der Waals surface area contributed by atoms with Crippen molar-refractivity contribution in [3.8, 4) is 17.2 Å².